The second-order valence-electron chi connectivity index (χ2n) is 8.40. The van der Waals surface area contributed by atoms with Gasteiger partial charge in [0.15, 0.2) is 0 Å². The van der Waals surface area contributed by atoms with Gasteiger partial charge in [0, 0.05) is 0 Å². The quantitative estimate of drug-likeness (QED) is 0.122. The summed E-state index contributed by atoms with van der Waals surface area (Å²) >= 11 is 0. The number of rotatable bonds is 16. The number of hydrogen-bond donors (Lipinski definition) is 6. The summed E-state index contributed by atoms with van der Waals surface area (Å²) < 4.78 is 0. The van der Waals surface area contributed by atoms with Gasteiger partial charge >= 0.3 is 0 Å². The molecule has 34 heavy (non-hydrogen) atoms. The van der Waals surface area contributed by atoms with Gasteiger partial charge in [-0.1, -0.05) is 89.0 Å². The molecule has 0 unspecified atom stereocenters. The topological polar surface area (TPSA) is 123 Å². The summed E-state index contributed by atoms with van der Waals surface area (Å²) in [5.41, 5.74) is 11.2. The molecule has 0 bridgehead atoms. The Hall–Kier alpha value is -3.10. The third kappa shape index (κ3) is 9.80. The fraction of sp³-hybridized carbons (Fsp3) is 0.462. The van der Waals surface area contributed by atoms with Crippen LogP contribution in [0.2, 0.25) is 0 Å². The maximum Gasteiger partial charge on any atom is 0.269 e. The van der Waals surface area contributed by atoms with Crippen molar-refractivity contribution in [1.29, 1.82) is 0 Å². The predicted octanol–water partition coefficient (Wildman–Crippen LogP) is 4.51. The number of hydrogen-bond acceptors (Lipinski definition) is 6. The third-order valence-corrected chi connectivity index (χ3v) is 5.61. The van der Waals surface area contributed by atoms with Crippen LogP contribution in [0.25, 0.3) is 0 Å². The Morgan fingerprint density at radius 2 is 1.09 bits per heavy atom. The van der Waals surface area contributed by atoms with Crippen LogP contribution in [0.4, 0.5) is 0 Å². The van der Waals surface area contributed by atoms with Crippen molar-refractivity contribution in [3.05, 3.63) is 59.7 Å². The number of unbranched alkanes of at least 4 members (excludes halogenated alkanes) is 8. The molecule has 0 spiro atoms. The smallest absolute Gasteiger partial charge is 0.269 e. The fourth-order valence-electron chi connectivity index (χ4n) is 3.61. The number of nitrogens with one attached hydrogen (secondary N) is 4. The highest BCUT2D eigenvalue weighted by Gasteiger charge is 2.15. The first-order chi connectivity index (χ1) is 16.5. The number of phenolic OH excluding ortho intramolecular Hbond substituents is 2. The number of carbonyl (C=O) groups is 2. The van der Waals surface area contributed by atoms with Crippen LogP contribution < -0.4 is 21.7 Å². The first-order valence-electron chi connectivity index (χ1n) is 12.2. The van der Waals surface area contributed by atoms with E-state index in [4.69, 9.17) is 0 Å². The molecular weight excluding hydrogens is 432 g/mol. The van der Waals surface area contributed by atoms with Crippen LogP contribution in [0.3, 0.4) is 0 Å². The highest BCUT2D eigenvalue weighted by atomic mass is 16.3. The molecule has 8 heteroatoms. The zero-order valence-electron chi connectivity index (χ0n) is 20.0. The lowest BCUT2D eigenvalue weighted by Gasteiger charge is -2.21. The summed E-state index contributed by atoms with van der Waals surface area (Å²) in [7, 11) is 0. The van der Waals surface area contributed by atoms with Crippen molar-refractivity contribution in [3.8, 4) is 11.5 Å². The Morgan fingerprint density at radius 3 is 1.53 bits per heavy atom. The zero-order chi connectivity index (χ0) is 24.6. The normalized spacial score (nSPS) is 10.9. The van der Waals surface area contributed by atoms with E-state index < -0.39 is 18.0 Å². The molecule has 0 radical (unpaired) electrons. The van der Waals surface area contributed by atoms with E-state index in [0.29, 0.717) is 6.42 Å². The number of phenols is 2. The molecule has 2 aromatic rings. The van der Waals surface area contributed by atoms with E-state index in [2.05, 4.69) is 28.6 Å². The minimum Gasteiger partial charge on any atom is -0.507 e. The Balaban J connectivity index is 1.83. The lowest BCUT2D eigenvalue weighted by molar-refractivity contribution is 0.0891. The van der Waals surface area contributed by atoms with Crippen molar-refractivity contribution < 1.29 is 19.8 Å². The minimum atomic E-state index is -0.482. The van der Waals surface area contributed by atoms with E-state index in [-0.39, 0.29) is 22.6 Å². The van der Waals surface area contributed by atoms with E-state index in [0.717, 1.165) is 19.3 Å². The van der Waals surface area contributed by atoms with Gasteiger partial charge in [-0.15, -0.1) is 0 Å². The average molecular weight is 471 g/mol. The molecule has 0 saturated heterocycles. The monoisotopic (exact) mass is 470 g/mol. The van der Waals surface area contributed by atoms with Crippen LogP contribution in [0.5, 0.6) is 11.5 Å². The largest absolute Gasteiger partial charge is 0.507 e. The van der Waals surface area contributed by atoms with Crippen molar-refractivity contribution >= 4 is 11.8 Å². The summed E-state index contributed by atoms with van der Waals surface area (Å²) in [5.74, 6) is -1.19. The number of amides is 2. The molecule has 0 aliphatic carbocycles. The number of aromatic hydroxyl groups is 2. The SMILES string of the molecule is CCCCCCCCCCCC(NNC(=O)c1ccccc1O)NNC(=O)c1ccccc1O. The van der Waals surface area contributed by atoms with Crippen molar-refractivity contribution in [2.75, 3.05) is 0 Å². The van der Waals surface area contributed by atoms with E-state index >= 15 is 0 Å². The molecule has 0 fully saturated rings. The highest BCUT2D eigenvalue weighted by Crippen LogP contribution is 2.16. The van der Waals surface area contributed by atoms with E-state index in [9.17, 15) is 19.8 Å². The first-order valence-corrected chi connectivity index (χ1v) is 12.2. The molecule has 6 N–H and O–H groups in total. The van der Waals surface area contributed by atoms with E-state index in [1.807, 2.05) is 0 Å². The Morgan fingerprint density at radius 1 is 0.676 bits per heavy atom. The van der Waals surface area contributed by atoms with Crippen LogP contribution in [0.1, 0.15) is 91.8 Å². The van der Waals surface area contributed by atoms with E-state index in [1.54, 1.807) is 24.3 Å². The number of benzene rings is 2. The third-order valence-electron chi connectivity index (χ3n) is 5.61. The summed E-state index contributed by atoms with van der Waals surface area (Å²) in [6.07, 6.45) is 10.9. The van der Waals surface area contributed by atoms with Gasteiger partial charge in [-0.2, -0.15) is 0 Å². The zero-order valence-corrected chi connectivity index (χ0v) is 20.0. The number of carbonyl (C=O) groups excluding carboxylic acids is 2. The summed E-state index contributed by atoms with van der Waals surface area (Å²) in [6.45, 7) is 2.22. The molecule has 2 rings (SSSR count). The predicted molar refractivity (Wildman–Crippen MR) is 133 cm³/mol. The molecule has 0 heterocycles. The van der Waals surface area contributed by atoms with Gasteiger partial charge in [-0.05, 0) is 30.7 Å². The molecule has 8 nitrogen and oxygen atoms in total. The van der Waals surface area contributed by atoms with Gasteiger partial charge in [0.2, 0.25) is 0 Å². The Kier molecular flexibility index (Phi) is 12.5. The van der Waals surface area contributed by atoms with Gasteiger partial charge in [0.05, 0.1) is 17.3 Å². The Bertz CT molecular complexity index is 829. The number of hydrazine groups is 2. The maximum absolute atomic E-state index is 12.4. The van der Waals surface area contributed by atoms with Crippen LogP contribution in [-0.4, -0.2) is 28.2 Å². The van der Waals surface area contributed by atoms with Crippen molar-refractivity contribution in [2.45, 2.75) is 77.3 Å². The standard InChI is InChI=1S/C26H38N4O4/c1-2-3-4-5-6-7-8-9-10-19-24(27-29-25(33)20-15-11-13-17-22(20)31)28-30-26(34)21-16-12-14-18-23(21)32/h11-18,24,27-28,31-32H,2-10,19H2,1H3,(H,29,33)(H,30,34). The molecule has 0 aromatic heterocycles. The molecule has 0 aliphatic rings. The van der Waals surface area contributed by atoms with Gasteiger partial charge in [-0.25, -0.2) is 10.9 Å². The lowest BCUT2D eigenvalue weighted by Crippen LogP contribution is -2.56. The van der Waals surface area contributed by atoms with Crippen molar-refractivity contribution in [2.24, 2.45) is 0 Å². The summed E-state index contributed by atoms with van der Waals surface area (Å²) in [6, 6.07) is 12.5. The highest BCUT2D eigenvalue weighted by molar-refractivity contribution is 5.97. The summed E-state index contributed by atoms with van der Waals surface area (Å²) in [5, 5.41) is 19.8. The summed E-state index contributed by atoms with van der Waals surface area (Å²) in [4.78, 5) is 24.8. The molecule has 2 amide bonds. The number of para-hydroxylation sites is 2. The maximum atomic E-state index is 12.4. The molecule has 0 aliphatic heterocycles. The average Bonchev–Trinajstić information content (AvgIpc) is 2.84. The van der Waals surface area contributed by atoms with Gasteiger partial charge in [-0.3, -0.25) is 20.4 Å². The van der Waals surface area contributed by atoms with Gasteiger partial charge in [0.1, 0.15) is 11.5 Å². The van der Waals surface area contributed by atoms with Crippen LogP contribution in [0, 0.1) is 0 Å². The second kappa shape index (κ2) is 15.7. The van der Waals surface area contributed by atoms with Crippen molar-refractivity contribution in [3.63, 3.8) is 0 Å². The van der Waals surface area contributed by atoms with Crippen LogP contribution in [0.15, 0.2) is 48.5 Å². The first kappa shape index (κ1) is 27.1. The molecule has 186 valence electrons. The Labute approximate surface area is 202 Å². The lowest BCUT2D eigenvalue weighted by atomic mass is 10.1. The second-order valence-corrected chi connectivity index (χ2v) is 8.40. The minimum absolute atomic E-state index is 0.113. The molecular formula is C26H38N4O4. The van der Waals surface area contributed by atoms with Crippen LogP contribution >= 0.6 is 0 Å². The molecule has 0 atom stereocenters. The van der Waals surface area contributed by atoms with Gasteiger partial charge in [0.25, 0.3) is 11.8 Å². The van der Waals surface area contributed by atoms with Crippen molar-refractivity contribution in [1.82, 2.24) is 21.7 Å². The van der Waals surface area contributed by atoms with Gasteiger partial charge < -0.3 is 10.2 Å². The molecule has 2 aromatic carbocycles. The fourth-order valence-corrected chi connectivity index (χ4v) is 3.61. The molecule has 0 saturated carbocycles. The van der Waals surface area contributed by atoms with Crippen LogP contribution in [-0.2, 0) is 0 Å². The van der Waals surface area contributed by atoms with E-state index in [1.165, 1.54) is 62.8 Å².